The molecule has 0 aliphatic heterocycles. The van der Waals surface area contributed by atoms with E-state index in [0.717, 1.165) is 35.5 Å². The van der Waals surface area contributed by atoms with Crippen LogP contribution in [0, 0.1) is 0 Å². The minimum Gasteiger partial charge on any atom is -0.494 e. The van der Waals surface area contributed by atoms with Crippen LogP contribution in [0.15, 0.2) is 30.3 Å². The van der Waals surface area contributed by atoms with Gasteiger partial charge in [-0.1, -0.05) is 18.2 Å². The summed E-state index contributed by atoms with van der Waals surface area (Å²) in [4.78, 5) is 37.5. The minimum atomic E-state index is -0.477. The number of benzene rings is 1. The Morgan fingerprint density at radius 2 is 1.90 bits per heavy atom. The van der Waals surface area contributed by atoms with Crippen LogP contribution in [0.3, 0.4) is 0 Å². The van der Waals surface area contributed by atoms with Gasteiger partial charge in [-0.3, -0.25) is 9.59 Å². The highest BCUT2D eigenvalue weighted by Gasteiger charge is 2.28. The molecule has 3 rings (SSSR count). The van der Waals surface area contributed by atoms with Gasteiger partial charge in [0, 0.05) is 11.3 Å². The maximum atomic E-state index is 12.3. The molecule has 1 heterocycles. The summed E-state index contributed by atoms with van der Waals surface area (Å²) in [5.41, 5.74) is 1.40. The van der Waals surface area contributed by atoms with Gasteiger partial charge in [-0.15, -0.1) is 11.3 Å². The van der Waals surface area contributed by atoms with Crippen molar-refractivity contribution in [3.05, 3.63) is 46.3 Å². The second-order valence-corrected chi connectivity index (χ2v) is 7.86. The van der Waals surface area contributed by atoms with Gasteiger partial charge in [-0.2, -0.15) is 0 Å². The highest BCUT2D eigenvalue weighted by atomic mass is 32.1. The summed E-state index contributed by atoms with van der Waals surface area (Å²) >= 11 is 1.39. The lowest BCUT2D eigenvalue weighted by atomic mass is 10.1. The molecule has 1 amide bonds. The second kappa shape index (κ2) is 10.8. The van der Waals surface area contributed by atoms with Gasteiger partial charge in [-0.25, -0.2) is 4.79 Å². The molecule has 0 saturated carbocycles. The van der Waals surface area contributed by atoms with Crippen LogP contribution >= 0.6 is 11.3 Å². The van der Waals surface area contributed by atoms with Gasteiger partial charge in [-0.05, 0) is 50.3 Å². The number of esters is 2. The van der Waals surface area contributed by atoms with Crippen LogP contribution in [0.4, 0.5) is 5.00 Å². The molecule has 0 atom stereocenters. The van der Waals surface area contributed by atoms with Gasteiger partial charge >= 0.3 is 11.9 Å². The number of carbonyl (C=O) groups excluding carboxylic acids is 3. The average molecular weight is 432 g/mol. The van der Waals surface area contributed by atoms with Crippen molar-refractivity contribution in [3.8, 4) is 5.75 Å². The van der Waals surface area contributed by atoms with Crippen molar-refractivity contribution in [1.29, 1.82) is 0 Å². The maximum Gasteiger partial charge on any atom is 0.341 e. The fourth-order valence-corrected chi connectivity index (χ4v) is 4.51. The molecule has 8 heteroatoms. The molecule has 1 aromatic carbocycles. The fourth-order valence-electron chi connectivity index (χ4n) is 3.22. The molecule has 1 N–H and O–H groups in total. The number of thiophene rings is 1. The number of aryl methyl sites for hydroxylation is 1. The largest absolute Gasteiger partial charge is 0.494 e. The molecule has 0 bridgehead atoms. The minimum absolute atomic E-state index is 0.154. The number of rotatable bonds is 10. The molecule has 0 radical (unpaired) electrons. The molecule has 1 aromatic heterocycles. The number of fused-ring (bicyclic) bond motifs is 1. The van der Waals surface area contributed by atoms with E-state index in [-0.39, 0.29) is 13.0 Å². The van der Waals surface area contributed by atoms with E-state index in [4.69, 9.17) is 14.2 Å². The number of para-hydroxylation sites is 1. The predicted molar refractivity (Wildman–Crippen MR) is 113 cm³/mol. The van der Waals surface area contributed by atoms with E-state index in [1.54, 1.807) is 6.92 Å². The Kier molecular flexibility index (Phi) is 7.84. The molecule has 2 aromatic rings. The lowest BCUT2D eigenvalue weighted by Crippen LogP contribution is -2.22. The van der Waals surface area contributed by atoms with Crippen LogP contribution in [0.25, 0.3) is 0 Å². The third-order valence-electron chi connectivity index (χ3n) is 4.56. The first kappa shape index (κ1) is 21.8. The van der Waals surface area contributed by atoms with E-state index >= 15 is 0 Å². The molecular weight excluding hydrogens is 406 g/mol. The molecule has 1 aliphatic rings. The van der Waals surface area contributed by atoms with Crippen LogP contribution in [0.5, 0.6) is 5.75 Å². The highest BCUT2D eigenvalue weighted by Crippen LogP contribution is 2.39. The average Bonchev–Trinajstić information content (AvgIpc) is 3.31. The van der Waals surface area contributed by atoms with Gasteiger partial charge in [0.05, 0.1) is 18.8 Å². The molecular formula is C22H25NO6S. The Labute approximate surface area is 179 Å². The monoisotopic (exact) mass is 431 g/mol. The summed E-state index contributed by atoms with van der Waals surface area (Å²) in [6, 6.07) is 9.33. The first-order valence-electron chi connectivity index (χ1n) is 10.0. The van der Waals surface area contributed by atoms with Crippen LogP contribution in [0.2, 0.25) is 0 Å². The zero-order valence-corrected chi connectivity index (χ0v) is 17.7. The maximum absolute atomic E-state index is 12.3. The Hall–Kier alpha value is -2.87. The Morgan fingerprint density at radius 1 is 1.10 bits per heavy atom. The summed E-state index contributed by atoms with van der Waals surface area (Å²) in [7, 11) is 0. The predicted octanol–water partition coefficient (Wildman–Crippen LogP) is 3.75. The third-order valence-corrected chi connectivity index (χ3v) is 5.76. The topological polar surface area (TPSA) is 90.9 Å². The van der Waals surface area contributed by atoms with Gasteiger partial charge in [0.25, 0.3) is 5.91 Å². The van der Waals surface area contributed by atoms with E-state index in [0.29, 0.717) is 23.6 Å². The summed E-state index contributed by atoms with van der Waals surface area (Å²) < 4.78 is 15.7. The van der Waals surface area contributed by atoms with Gasteiger partial charge in [0.15, 0.2) is 6.61 Å². The van der Waals surface area contributed by atoms with Gasteiger partial charge in [0.1, 0.15) is 10.8 Å². The van der Waals surface area contributed by atoms with Crippen LogP contribution in [0.1, 0.15) is 47.0 Å². The van der Waals surface area contributed by atoms with Crippen molar-refractivity contribution < 1.29 is 28.6 Å². The van der Waals surface area contributed by atoms with Gasteiger partial charge in [0.2, 0.25) is 0 Å². The lowest BCUT2D eigenvalue weighted by molar-refractivity contribution is -0.147. The third kappa shape index (κ3) is 5.82. The number of ether oxygens (including phenoxy) is 3. The second-order valence-electron chi connectivity index (χ2n) is 6.76. The van der Waals surface area contributed by atoms with Crippen molar-refractivity contribution in [1.82, 2.24) is 0 Å². The van der Waals surface area contributed by atoms with Crippen LogP contribution in [-0.4, -0.2) is 37.7 Å². The lowest BCUT2D eigenvalue weighted by Gasteiger charge is -2.09. The van der Waals surface area contributed by atoms with Crippen molar-refractivity contribution in [2.24, 2.45) is 0 Å². The summed E-state index contributed by atoms with van der Waals surface area (Å²) in [5, 5.41) is 3.17. The molecule has 0 saturated heterocycles. The molecule has 0 unspecified atom stereocenters. The zero-order chi connectivity index (χ0) is 21.3. The Morgan fingerprint density at radius 3 is 2.67 bits per heavy atom. The van der Waals surface area contributed by atoms with E-state index < -0.39 is 24.5 Å². The van der Waals surface area contributed by atoms with Crippen LogP contribution < -0.4 is 10.1 Å². The number of hydrogen-bond acceptors (Lipinski definition) is 7. The van der Waals surface area contributed by atoms with Crippen LogP contribution in [-0.2, 0) is 31.9 Å². The van der Waals surface area contributed by atoms with Crippen molar-refractivity contribution in [3.63, 3.8) is 0 Å². The van der Waals surface area contributed by atoms with E-state index in [1.807, 2.05) is 30.3 Å². The molecule has 160 valence electrons. The number of hydrogen-bond donors (Lipinski definition) is 1. The normalized spacial score (nSPS) is 12.2. The standard InChI is InChI=1S/C22H25NO6S/c1-2-27-22(26)20-16-10-6-11-17(16)30-21(20)23-18(24)14-29-19(25)12-7-13-28-15-8-4-3-5-9-15/h3-5,8-9H,2,6-7,10-14H2,1H3,(H,23,24). The quantitative estimate of drug-likeness (QED) is 0.455. The molecule has 7 nitrogen and oxygen atoms in total. The van der Waals surface area contributed by atoms with E-state index in [9.17, 15) is 14.4 Å². The highest BCUT2D eigenvalue weighted by molar-refractivity contribution is 7.17. The fraction of sp³-hybridized carbons (Fsp3) is 0.409. The molecule has 0 spiro atoms. The summed E-state index contributed by atoms with van der Waals surface area (Å²) in [5.74, 6) is -0.636. The van der Waals surface area contributed by atoms with Crippen molar-refractivity contribution in [2.75, 3.05) is 25.1 Å². The Bertz CT molecular complexity index is 893. The number of amides is 1. The van der Waals surface area contributed by atoms with Gasteiger partial charge < -0.3 is 19.5 Å². The first-order chi connectivity index (χ1) is 14.6. The molecule has 30 heavy (non-hydrogen) atoms. The number of carbonyl (C=O) groups is 3. The van der Waals surface area contributed by atoms with Crippen molar-refractivity contribution >= 4 is 34.2 Å². The number of nitrogens with one attached hydrogen (secondary N) is 1. The Balaban J connectivity index is 1.43. The number of anilines is 1. The molecule has 0 fully saturated rings. The smallest absolute Gasteiger partial charge is 0.341 e. The summed E-state index contributed by atoms with van der Waals surface area (Å²) in [6.45, 7) is 1.99. The van der Waals surface area contributed by atoms with E-state index in [2.05, 4.69) is 5.32 Å². The SMILES string of the molecule is CCOC(=O)c1c(NC(=O)COC(=O)CCCOc2ccccc2)sc2c1CCC2. The van der Waals surface area contributed by atoms with E-state index in [1.165, 1.54) is 11.3 Å². The summed E-state index contributed by atoms with van der Waals surface area (Å²) in [6.07, 6.45) is 3.33. The zero-order valence-electron chi connectivity index (χ0n) is 16.9. The first-order valence-corrected chi connectivity index (χ1v) is 10.8. The van der Waals surface area contributed by atoms with Crippen molar-refractivity contribution in [2.45, 2.75) is 39.0 Å². The molecule has 1 aliphatic carbocycles.